The number of hydrogen-bond acceptors (Lipinski definition) is 3. The lowest BCUT2D eigenvalue weighted by Gasteiger charge is -2.06. The molecule has 0 bridgehead atoms. The molecule has 2 aromatic heterocycles. The number of aryl methyl sites for hydroxylation is 1. The normalized spacial score (nSPS) is 11.5. The van der Waals surface area contributed by atoms with Gasteiger partial charge in [0, 0.05) is 21.7 Å². The second-order valence-electron chi connectivity index (χ2n) is 6.02. The zero-order chi connectivity index (χ0) is 16.1. The molecule has 3 nitrogen and oxygen atoms in total. The molecule has 0 aliphatic rings. The molecule has 5 aromatic rings. The molecule has 0 amide bonds. The molecule has 0 aliphatic heterocycles. The van der Waals surface area contributed by atoms with Crippen molar-refractivity contribution in [2.24, 2.45) is 0 Å². The number of rotatable bonds is 1. The molecule has 0 N–H and O–H groups in total. The summed E-state index contributed by atoms with van der Waals surface area (Å²) in [6.45, 7) is 2.07. The minimum atomic E-state index is 0.874. The van der Waals surface area contributed by atoms with Gasteiger partial charge < -0.3 is 4.42 Å². The Kier molecular flexibility index (Phi) is 2.71. The molecule has 114 valence electrons. The molecule has 2 heterocycles. The molecule has 0 saturated heterocycles. The first-order valence-electron chi connectivity index (χ1n) is 7.93. The van der Waals surface area contributed by atoms with Crippen LogP contribution in [0.4, 0.5) is 0 Å². The lowest BCUT2D eigenvalue weighted by atomic mass is 10.0. The van der Waals surface area contributed by atoms with Gasteiger partial charge in [0.25, 0.3) is 0 Å². The molecule has 3 heteroatoms. The van der Waals surface area contributed by atoms with Crippen molar-refractivity contribution < 1.29 is 4.42 Å². The monoisotopic (exact) mass is 310 g/mol. The topological polar surface area (TPSA) is 38.9 Å². The summed E-state index contributed by atoms with van der Waals surface area (Å²) in [5.41, 5.74) is 5.82. The summed E-state index contributed by atoms with van der Waals surface area (Å²) in [7, 11) is 0. The highest BCUT2D eigenvalue weighted by atomic mass is 16.3. The van der Waals surface area contributed by atoms with Gasteiger partial charge >= 0.3 is 0 Å². The van der Waals surface area contributed by atoms with E-state index < -0.39 is 0 Å². The van der Waals surface area contributed by atoms with Gasteiger partial charge in [-0.25, -0.2) is 9.97 Å². The fourth-order valence-electron chi connectivity index (χ4n) is 3.32. The van der Waals surface area contributed by atoms with E-state index in [1.165, 1.54) is 5.56 Å². The van der Waals surface area contributed by atoms with Crippen LogP contribution >= 0.6 is 0 Å². The summed E-state index contributed by atoms with van der Waals surface area (Å²) in [5.74, 6) is 0. The van der Waals surface area contributed by atoms with Crippen molar-refractivity contribution in [3.05, 3.63) is 72.6 Å². The van der Waals surface area contributed by atoms with Crippen LogP contribution in [0.15, 0.2) is 71.4 Å². The standard InChI is InChI=1S/C21H14N2O/c1-13-9-10-16-18(11-13)22-12-23-20(16)17-7-4-6-15-14-5-2-3-8-19(14)24-21(15)17/h2-12H,1H3. The lowest BCUT2D eigenvalue weighted by molar-refractivity contribution is 0.670. The second kappa shape index (κ2) is 4.90. The predicted octanol–water partition coefficient (Wildman–Crippen LogP) is 5.50. The molecule has 0 saturated carbocycles. The van der Waals surface area contributed by atoms with Gasteiger partial charge in [-0.05, 0) is 30.7 Å². The third-order valence-electron chi connectivity index (χ3n) is 4.45. The van der Waals surface area contributed by atoms with Gasteiger partial charge in [-0.15, -0.1) is 0 Å². The van der Waals surface area contributed by atoms with Crippen molar-refractivity contribution in [1.29, 1.82) is 0 Å². The van der Waals surface area contributed by atoms with Crippen molar-refractivity contribution in [1.82, 2.24) is 9.97 Å². The van der Waals surface area contributed by atoms with Crippen LogP contribution in [0.5, 0.6) is 0 Å². The van der Waals surface area contributed by atoms with Crippen LogP contribution in [0.25, 0.3) is 44.1 Å². The number of para-hydroxylation sites is 2. The first-order valence-corrected chi connectivity index (χ1v) is 7.93. The summed E-state index contributed by atoms with van der Waals surface area (Å²) in [4.78, 5) is 8.97. The number of benzene rings is 3. The molecule has 5 rings (SSSR count). The summed E-state index contributed by atoms with van der Waals surface area (Å²) in [6.07, 6.45) is 1.62. The van der Waals surface area contributed by atoms with Crippen molar-refractivity contribution in [3.63, 3.8) is 0 Å². The summed E-state index contributed by atoms with van der Waals surface area (Å²) in [6, 6.07) is 20.6. The fourth-order valence-corrected chi connectivity index (χ4v) is 3.32. The maximum Gasteiger partial charge on any atom is 0.144 e. The van der Waals surface area contributed by atoms with Gasteiger partial charge in [0.1, 0.15) is 17.5 Å². The van der Waals surface area contributed by atoms with Gasteiger partial charge in [0.2, 0.25) is 0 Å². The van der Waals surface area contributed by atoms with Gasteiger partial charge in [-0.2, -0.15) is 0 Å². The Hall–Kier alpha value is -3.20. The van der Waals surface area contributed by atoms with Gasteiger partial charge in [-0.3, -0.25) is 0 Å². The zero-order valence-electron chi connectivity index (χ0n) is 13.2. The van der Waals surface area contributed by atoms with Crippen LogP contribution in [0.2, 0.25) is 0 Å². The van der Waals surface area contributed by atoms with E-state index in [9.17, 15) is 0 Å². The molecule has 0 radical (unpaired) electrons. The number of nitrogens with zero attached hydrogens (tertiary/aromatic N) is 2. The maximum absolute atomic E-state index is 6.15. The smallest absolute Gasteiger partial charge is 0.144 e. The molecule has 0 atom stereocenters. The van der Waals surface area contributed by atoms with Crippen molar-refractivity contribution >= 4 is 32.8 Å². The highest BCUT2D eigenvalue weighted by Crippen LogP contribution is 2.36. The molecule has 3 aromatic carbocycles. The predicted molar refractivity (Wildman–Crippen MR) is 97.0 cm³/mol. The van der Waals surface area contributed by atoms with Crippen LogP contribution in [-0.4, -0.2) is 9.97 Å². The SMILES string of the molecule is Cc1ccc2c(-c3cccc4c3oc3ccccc34)ncnc2c1. The van der Waals surface area contributed by atoms with E-state index in [2.05, 4.69) is 59.4 Å². The van der Waals surface area contributed by atoms with E-state index >= 15 is 0 Å². The summed E-state index contributed by atoms with van der Waals surface area (Å²) in [5, 5.41) is 3.28. The average Bonchev–Trinajstić information content (AvgIpc) is 3.00. The first-order chi connectivity index (χ1) is 11.8. The van der Waals surface area contributed by atoms with E-state index in [1.54, 1.807) is 6.33 Å². The molecule has 0 unspecified atom stereocenters. The van der Waals surface area contributed by atoms with E-state index in [0.29, 0.717) is 0 Å². The van der Waals surface area contributed by atoms with Gasteiger partial charge in [-0.1, -0.05) is 42.5 Å². The van der Waals surface area contributed by atoms with Crippen LogP contribution < -0.4 is 0 Å². The maximum atomic E-state index is 6.15. The largest absolute Gasteiger partial charge is 0.455 e. The number of furan rings is 1. The highest BCUT2D eigenvalue weighted by Gasteiger charge is 2.14. The zero-order valence-corrected chi connectivity index (χ0v) is 13.2. The molecule has 0 spiro atoms. The Morgan fingerprint density at radius 3 is 2.62 bits per heavy atom. The Morgan fingerprint density at radius 2 is 1.67 bits per heavy atom. The van der Waals surface area contributed by atoms with Crippen molar-refractivity contribution in [2.75, 3.05) is 0 Å². The number of hydrogen-bond donors (Lipinski definition) is 0. The highest BCUT2D eigenvalue weighted by molar-refractivity contribution is 6.11. The molecular weight excluding hydrogens is 296 g/mol. The molecule has 24 heavy (non-hydrogen) atoms. The third-order valence-corrected chi connectivity index (χ3v) is 4.45. The molecule has 0 fully saturated rings. The minimum absolute atomic E-state index is 0.874. The van der Waals surface area contributed by atoms with Crippen LogP contribution in [0.3, 0.4) is 0 Å². The Labute approximate surface area is 138 Å². The Balaban J connectivity index is 1.90. The quantitative estimate of drug-likeness (QED) is 0.410. The summed E-state index contributed by atoms with van der Waals surface area (Å²) < 4.78 is 6.15. The van der Waals surface area contributed by atoms with E-state index in [-0.39, 0.29) is 0 Å². The van der Waals surface area contributed by atoms with E-state index in [0.717, 1.165) is 44.1 Å². The Morgan fingerprint density at radius 1 is 0.792 bits per heavy atom. The van der Waals surface area contributed by atoms with Crippen LogP contribution in [-0.2, 0) is 0 Å². The minimum Gasteiger partial charge on any atom is -0.455 e. The molecule has 0 aliphatic carbocycles. The van der Waals surface area contributed by atoms with Gasteiger partial charge in [0.15, 0.2) is 0 Å². The molecular formula is C21H14N2O. The van der Waals surface area contributed by atoms with Crippen molar-refractivity contribution in [2.45, 2.75) is 6.92 Å². The Bertz CT molecular complexity index is 1220. The van der Waals surface area contributed by atoms with Crippen molar-refractivity contribution in [3.8, 4) is 11.3 Å². The van der Waals surface area contributed by atoms with Crippen LogP contribution in [0.1, 0.15) is 5.56 Å². The second-order valence-corrected chi connectivity index (χ2v) is 6.02. The first kappa shape index (κ1) is 13.3. The fraction of sp³-hybridized carbons (Fsp3) is 0.0476. The van der Waals surface area contributed by atoms with Crippen LogP contribution in [0, 0.1) is 6.92 Å². The third kappa shape index (κ3) is 1.85. The van der Waals surface area contributed by atoms with E-state index in [1.807, 2.05) is 18.2 Å². The number of aromatic nitrogens is 2. The van der Waals surface area contributed by atoms with E-state index in [4.69, 9.17) is 4.42 Å². The lowest BCUT2D eigenvalue weighted by Crippen LogP contribution is -1.90. The average molecular weight is 310 g/mol. The van der Waals surface area contributed by atoms with Gasteiger partial charge in [0.05, 0.1) is 11.2 Å². The summed E-state index contributed by atoms with van der Waals surface area (Å²) >= 11 is 0. The number of fused-ring (bicyclic) bond motifs is 4.